The first-order valence-electron chi connectivity index (χ1n) is 6.43. The van der Waals surface area contributed by atoms with Crippen molar-refractivity contribution in [2.24, 2.45) is 0 Å². The molecular formula is C13H18N2OS. The van der Waals surface area contributed by atoms with Crippen LogP contribution in [0.2, 0.25) is 0 Å². The molecule has 0 radical (unpaired) electrons. The Morgan fingerprint density at radius 3 is 2.65 bits per heavy atom. The van der Waals surface area contributed by atoms with Crippen LogP contribution in [0.25, 0.3) is 0 Å². The molecule has 0 aliphatic heterocycles. The second-order valence-electron chi connectivity index (χ2n) is 5.11. The zero-order valence-electron chi connectivity index (χ0n) is 10.2. The predicted molar refractivity (Wildman–Crippen MR) is 68.6 cm³/mol. The lowest BCUT2D eigenvalue weighted by molar-refractivity contribution is -0.0849. The van der Waals surface area contributed by atoms with Crippen LogP contribution in [-0.4, -0.2) is 17.1 Å². The summed E-state index contributed by atoms with van der Waals surface area (Å²) < 4.78 is 6.45. The highest BCUT2D eigenvalue weighted by atomic mass is 32.1. The Hall–Kier alpha value is -0.740. The Kier molecular flexibility index (Phi) is 2.79. The molecule has 1 N–H and O–H groups in total. The monoisotopic (exact) mass is 250 g/mol. The molecule has 0 atom stereocenters. The molecule has 1 aromatic rings. The Morgan fingerprint density at radius 2 is 2.00 bits per heavy atom. The highest BCUT2D eigenvalue weighted by molar-refractivity contribution is 7.71. The first-order chi connectivity index (χ1) is 8.25. The van der Waals surface area contributed by atoms with Crippen molar-refractivity contribution in [3.63, 3.8) is 0 Å². The van der Waals surface area contributed by atoms with Gasteiger partial charge in [-0.2, -0.15) is 0 Å². The number of nitrogens with one attached hydrogen (secondary N) is 1. The van der Waals surface area contributed by atoms with E-state index in [0.717, 1.165) is 36.1 Å². The number of H-pyrrole nitrogens is 1. The van der Waals surface area contributed by atoms with Gasteiger partial charge < -0.3 is 9.72 Å². The minimum absolute atomic E-state index is 0.181. The Bertz CT molecular complexity index is 485. The van der Waals surface area contributed by atoms with Crippen LogP contribution < -0.4 is 0 Å². The van der Waals surface area contributed by atoms with E-state index >= 15 is 0 Å². The molecule has 3 rings (SSSR count). The van der Waals surface area contributed by atoms with E-state index in [1.165, 1.54) is 30.5 Å². The standard InChI is InChI=1S/C13H18N2OS/c1-16-13(7-4-8-13)12-14-10-6-3-2-5-9(10)11(17)15-12/h2-8H2,1H3,(H,14,15,17). The normalized spacial score (nSPS) is 21.7. The molecule has 0 amide bonds. The summed E-state index contributed by atoms with van der Waals surface area (Å²) in [6.45, 7) is 0. The number of hydrogen-bond acceptors (Lipinski definition) is 3. The van der Waals surface area contributed by atoms with E-state index in [9.17, 15) is 0 Å². The number of aromatic amines is 1. The van der Waals surface area contributed by atoms with Crippen molar-refractivity contribution in [2.45, 2.75) is 50.5 Å². The second-order valence-corrected chi connectivity index (χ2v) is 5.49. The van der Waals surface area contributed by atoms with E-state index < -0.39 is 0 Å². The molecule has 0 unspecified atom stereocenters. The molecule has 0 spiro atoms. The molecule has 2 aliphatic rings. The van der Waals surface area contributed by atoms with Gasteiger partial charge in [0, 0.05) is 18.4 Å². The summed E-state index contributed by atoms with van der Waals surface area (Å²) in [5.41, 5.74) is 2.38. The van der Waals surface area contributed by atoms with Crippen LogP contribution in [0, 0.1) is 4.64 Å². The van der Waals surface area contributed by atoms with Crippen LogP contribution in [0.3, 0.4) is 0 Å². The number of rotatable bonds is 2. The van der Waals surface area contributed by atoms with Gasteiger partial charge in [0.25, 0.3) is 0 Å². The van der Waals surface area contributed by atoms with Crippen LogP contribution in [0.15, 0.2) is 0 Å². The first-order valence-corrected chi connectivity index (χ1v) is 6.84. The van der Waals surface area contributed by atoms with Gasteiger partial charge in [0.05, 0.1) is 0 Å². The van der Waals surface area contributed by atoms with Crippen LogP contribution >= 0.6 is 12.2 Å². The number of methoxy groups -OCH3 is 1. The van der Waals surface area contributed by atoms with E-state index in [-0.39, 0.29) is 5.60 Å². The molecule has 3 nitrogen and oxygen atoms in total. The largest absolute Gasteiger partial charge is 0.370 e. The fourth-order valence-corrected chi connectivity index (χ4v) is 3.19. The van der Waals surface area contributed by atoms with Crippen molar-refractivity contribution >= 4 is 12.2 Å². The minimum Gasteiger partial charge on any atom is -0.370 e. The van der Waals surface area contributed by atoms with E-state index in [0.29, 0.717) is 0 Å². The topological polar surface area (TPSA) is 37.9 Å². The fourth-order valence-electron chi connectivity index (χ4n) is 2.87. The lowest BCUT2D eigenvalue weighted by Gasteiger charge is -2.39. The number of nitrogens with zero attached hydrogens (tertiary/aromatic N) is 1. The maximum Gasteiger partial charge on any atom is 0.140 e. The summed E-state index contributed by atoms with van der Waals surface area (Å²) in [6.07, 6.45) is 8.00. The SMILES string of the molecule is COC1(c2nc(=S)c3c([nH]2)CCCC3)CCC1. The number of fused-ring (bicyclic) bond motifs is 1. The molecule has 0 aromatic carbocycles. The zero-order chi connectivity index (χ0) is 11.9. The Labute approximate surface area is 107 Å². The van der Waals surface area contributed by atoms with Gasteiger partial charge in [-0.1, -0.05) is 12.2 Å². The zero-order valence-corrected chi connectivity index (χ0v) is 11.0. The van der Waals surface area contributed by atoms with Crippen molar-refractivity contribution in [3.05, 3.63) is 21.7 Å². The van der Waals surface area contributed by atoms with Crippen molar-refractivity contribution in [3.8, 4) is 0 Å². The molecule has 1 aromatic heterocycles. The summed E-state index contributed by atoms with van der Waals surface area (Å²) in [6, 6.07) is 0. The van der Waals surface area contributed by atoms with Crippen molar-refractivity contribution in [1.29, 1.82) is 0 Å². The summed E-state index contributed by atoms with van der Waals surface area (Å²) in [5.74, 6) is 0.955. The van der Waals surface area contributed by atoms with Gasteiger partial charge in [0.15, 0.2) is 0 Å². The van der Waals surface area contributed by atoms with Gasteiger partial charge in [0.1, 0.15) is 16.1 Å². The number of ether oxygens (including phenoxy) is 1. The van der Waals surface area contributed by atoms with E-state index in [1.807, 2.05) is 0 Å². The van der Waals surface area contributed by atoms with Crippen LogP contribution in [0.1, 0.15) is 49.2 Å². The molecule has 1 fully saturated rings. The molecule has 1 heterocycles. The van der Waals surface area contributed by atoms with Gasteiger partial charge in [-0.05, 0) is 44.9 Å². The lowest BCUT2D eigenvalue weighted by atomic mass is 9.79. The molecule has 17 heavy (non-hydrogen) atoms. The summed E-state index contributed by atoms with van der Waals surface area (Å²) in [4.78, 5) is 8.08. The minimum atomic E-state index is -0.181. The van der Waals surface area contributed by atoms with Gasteiger partial charge in [0.2, 0.25) is 0 Å². The highest BCUT2D eigenvalue weighted by Gasteiger charge is 2.41. The summed E-state index contributed by atoms with van der Waals surface area (Å²) in [5, 5.41) is 0. The highest BCUT2D eigenvalue weighted by Crippen LogP contribution is 2.43. The quantitative estimate of drug-likeness (QED) is 0.820. The lowest BCUT2D eigenvalue weighted by Crippen LogP contribution is -2.38. The Morgan fingerprint density at radius 1 is 1.24 bits per heavy atom. The maximum atomic E-state index is 5.67. The van der Waals surface area contributed by atoms with Crippen molar-refractivity contribution in [1.82, 2.24) is 9.97 Å². The number of aromatic nitrogens is 2. The molecule has 1 saturated carbocycles. The summed E-state index contributed by atoms with van der Waals surface area (Å²) >= 11 is 5.43. The number of aryl methyl sites for hydroxylation is 1. The van der Waals surface area contributed by atoms with E-state index in [1.54, 1.807) is 7.11 Å². The van der Waals surface area contributed by atoms with Crippen molar-refractivity contribution in [2.75, 3.05) is 7.11 Å². The van der Waals surface area contributed by atoms with E-state index in [2.05, 4.69) is 9.97 Å². The third-order valence-electron chi connectivity index (χ3n) is 4.19. The van der Waals surface area contributed by atoms with Crippen LogP contribution in [0.4, 0.5) is 0 Å². The van der Waals surface area contributed by atoms with Crippen molar-refractivity contribution < 1.29 is 4.74 Å². The van der Waals surface area contributed by atoms with Gasteiger partial charge in [-0.25, -0.2) is 4.98 Å². The average molecular weight is 250 g/mol. The molecule has 0 saturated heterocycles. The number of hydrogen-bond donors (Lipinski definition) is 1. The van der Waals surface area contributed by atoms with Gasteiger partial charge in [-0.15, -0.1) is 0 Å². The fraction of sp³-hybridized carbons (Fsp3) is 0.692. The maximum absolute atomic E-state index is 5.67. The van der Waals surface area contributed by atoms with E-state index in [4.69, 9.17) is 17.0 Å². The van der Waals surface area contributed by atoms with Crippen LogP contribution in [0.5, 0.6) is 0 Å². The molecule has 2 aliphatic carbocycles. The van der Waals surface area contributed by atoms with Gasteiger partial charge in [-0.3, -0.25) is 0 Å². The van der Waals surface area contributed by atoms with Crippen LogP contribution in [-0.2, 0) is 23.2 Å². The first kappa shape index (κ1) is 11.4. The molecule has 92 valence electrons. The average Bonchev–Trinajstić information content (AvgIpc) is 2.28. The predicted octanol–water partition coefficient (Wildman–Crippen LogP) is 3.04. The molecule has 0 bridgehead atoms. The second kappa shape index (κ2) is 4.18. The third-order valence-corrected chi connectivity index (χ3v) is 4.53. The van der Waals surface area contributed by atoms with Gasteiger partial charge >= 0.3 is 0 Å². The molecular weight excluding hydrogens is 232 g/mol. The smallest absolute Gasteiger partial charge is 0.140 e. The molecule has 4 heteroatoms. The Balaban J connectivity index is 2.07. The third kappa shape index (κ3) is 1.74. The summed E-state index contributed by atoms with van der Waals surface area (Å²) in [7, 11) is 1.77.